The first kappa shape index (κ1) is 15.1. The van der Waals surface area contributed by atoms with E-state index in [9.17, 15) is 4.79 Å². The summed E-state index contributed by atoms with van der Waals surface area (Å²) in [7, 11) is 0. The zero-order valence-corrected chi connectivity index (χ0v) is 12.0. The molecule has 6 heteroatoms. The van der Waals surface area contributed by atoms with Gasteiger partial charge in [0, 0.05) is 11.1 Å². The Morgan fingerprint density at radius 3 is 2.81 bits per heavy atom. The van der Waals surface area contributed by atoms with Crippen molar-refractivity contribution in [3.63, 3.8) is 0 Å². The Kier molecular flexibility index (Phi) is 4.59. The van der Waals surface area contributed by atoms with Crippen LogP contribution in [0.3, 0.4) is 0 Å². The highest BCUT2D eigenvalue weighted by molar-refractivity contribution is 5.90. The average molecular weight is 290 g/mol. The highest BCUT2D eigenvalue weighted by atomic mass is 16.5. The molecule has 6 nitrogen and oxygen atoms in total. The Bertz CT molecular complexity index is 649. The zero-order valence-electron chi connectivity index (χ0n) is 12.0. The van der Waals surface area contributed by atoms with Crippen molar-refractivity contribution >= 4 is 5.97 Å². The number of aromatic carboxylic acids is 1. The maximum absolute atomic E-state index is 11.1. The quantitative estimate of drug-likeness (QED) is 0.756. The third-order valence-electron chi connectivity index (χ3n) is 3.30. The van der Waals surface area contributed by atoms with E-state index in [2.05, 4.69) is 10.2 Å². The second-order valence-corrected chi connectivity index (χ2v) is 4.63. The molecule has 1 heterocycles. The first-order chi connectivity index (χ1) is 10.1. The highest BCUT2D eigenvalue weighted by Gasteiger charge is 2.16. The predicted octanol–water partition coefficient (Wildman–Crippen LogP) is 2.02. The molecular weight excluding hydrogens is 272 g/mol. The lowest BCUT2D eigenvalue weighted by Crippen LogP contribution is -2.02. The number of aryl methyl sites for hydroxylation is 1. The Hall–Kier alpha value is -2.34. The second-order valence-electron chi connectivity index (χ2n) is 4.63. The summed E-state index contributed by atoms with van der Waals surface area (Å²) in [6.07, 6.45) is 0.778. The highest BCUT2D eigenvalue weighted by Crippen LogP contribution is 2.31. The van der Waals surface area contributed by atoms with E-state index >= 15 is 0 Å². The molecule has 0 amide bonds. The molecule has 0 fully saturated rings. The molecule has 0 atom stereocenters. The molecule has 0 aliphatic heterocycles. The molecule has 0 bridgehead atoms. The van der Waals surface area contributed by atoms with Crippen molar-refractivity contribution in [3.8, 4) is 17.1 Å². The molecule has 1 aromatic heterocycles. The first-order valence-electron chi connectivity index (χ1n) is 6.73. The summed E-state index contributed by atoms with van der Waals surface area (Å²) >= 11 is 0. The molecular formula is C15H18N2O4. The Balaban J connectivity index is 2.47. The molecule has 112 valence electrons. The second kappa shape index (κ2) is 6.41. The van der Waals surface area contributed by atoms with Crippen molar-refractivity contribution in [2.45, 2.75) is 20.3 Å². The number of hydrogen-bond donors (Lipinski definition) is 3. The predicted molar refractivity (Wildman–Crippen MR) is 77.7 cm³/mol. The number of hydrogen-bond acceptors (Lipinski definition) is 4. The van der Waals surface area contributed by atoms with Crippen molar-refractivity contribution in [1.82, 2.24) is 10.2 Å². The van der Waals surface area contributed by atoms with Crippen LogP contribution in [-0.2, 0) is 6.42 Å². The van der Waals surface area contributed by atoms with Crippen LogP contribution in [0.15, 0.2) is 18.2 Å². The lowest BCUT2D eigenvalue weighted by Gasteiger charge is -2.08. The summed E-state index contributed by atoms with van der Waals surface area (Å²) in [5.74, 6) is -0.547. The number of carbonyl (C=O) groups is 1. The van der Waals surface area contributed by atoms with Crippen molar-refractivity contribution in [2.24, 2.45) is 0 Å². The van der Waals surface area contributed by atoms with E-state index in [0.717, 1.165) is 28.8 Å². The number of rotatable bonds is 6. The van der Waals surface area contributed by atoms with Gasteiger partial charge in [-0.1, -0.05) is 13.0 Å². The molecule has 0 unspecified atom stereocenters. The van der Waals surface area contributed by atoms with Crippen LogP contribution in [0.5, 0.6) is 5.88 Å². The number of benzene rings is 1. The Labute approximate surface area is 122 Å². The van der Waals surface area contributed by atoms with Crippen LogP contribution in [0.2, 0.25) is 0 Å². The number of ether oxygens (including phenoxy) is 1. The number of H-pyrrole nitrogens is 1. The first-order valence-corrected chi connectivity index (χ1v) is 6.73. The monoisotopic (exact) mass is 290 g/mol. The minimum Gasteiger partial charge on any atom is -0.478 e. The largest absolute Gasteiger partial charge is 0.478 e. The summed E-state index contributed by atoms with van der Waals surface area (Å²) < 4.78 is 5.33. The standard InChI is InChI=1S/C15H18N2O4/c1-3-10-4-5-11(15(19)20)8-12(10)13-9(2)14(17-16-13)21-7-6-18/h4-5,8,18H,3,6-7H2,1-2H3,(H,16,17)(H,19,20). The smallest absolute Gasteiger partial charge is 0.335 e. The minimum absolute atomic E-state index is 0.0870. The maximum atomic E-state index is 11.1. The van der Waals surface area contributed by atoms with Gasteiger partial charge in [0.25, 0.3) is 0 Å². The summed E-state index contributed by atoms with van der Waals surface area (Å²) in [5, 5.41) is 24.9. The third-order valence-corrected chi connectivity index (χ3v) is 3.30. The number of nitrogens with zero attached hydrogens (tertiary/aromatic N) is 1. The minimum atomic E-state index is -0.965. The van der Waals surface area contributed by atoms with Gasteiger partial charge in [0.15, 0.2) is 0 Å². The molecule has 0 radical (unpaired) electrons. The molecule has 21 heavy (non-hydrogen) atoms. The van der Waals surface area contributed by atoms with Crippen molar-refractivity contribution < 1.29 is 19.7 Å². The number of aromatic amines is 1. The van der Waals surface area contributed by atoms with Gasteiger partial charge in [-0.3, -0.25) is 5.10 Å². The molecule has 0 saturated heterocycles. The molecule has 2 aromatic rings. The third kappa shape index (κ3) is 3.05. The van der Waals surface area contributed by atoms with E-state index < -0.39 is 5.97 Å². The number of aromatic nitrogens is 2. The summed E-state index contributed by atoms with van der Waals surface area (Å²) in [4.78, 5) is 11.1. The topological polar surface area (TPSA) is 95.4 Å². The molecule has 3 N–H and O–H groups in total. The molecule has 0 aliphatic carbocycles. The van der Waals surface area contributed by atoms with Gasteiger partial charge in [0.2, 0.25) is 5.88 Å². The number of nitrogens with one attached hydrogen (secondary N) is 1. The van der Waals surface area contributed by atoms with Crippen molar-refractivity contribution in [2.75, 3.05) is 13.2 Å². The molecule has 1 aromatic carbocycles. The summed E-state index contributed by atoms with van der Waals surface area (Å²) in [6, 6.07) is 5.05. The SMILES string of the molecule is CCc1ccc(C(=O)O)cc1-c1[nH]nc(OCCO)c1C. The van der Waals surface area contributed by atoms with E-state index in [4.69, 9.17) is 14.9 Å². The molecule has 2 rings (SSSR count). The number of carboxylic acids is 1. The maximum Gasteiger partial charge on any atom is 0.335 e. The molecule has 0 aliphatic rings. The van der Waals surface area contributed by atoms with Gasteiger partial charge in [0.1, 0.15) is 6.61 Å². The van der Waals surface area contributed by atoms with Crippen LogP contribution in [0, 0.1) is 6.92 Å². The fourth-order valence-corrected chi connectivity index (χ4v) is 2.18. The Morgan fingerprint density at radius 1 is 1.43 bits per heavy atom. The van der Waals surface area contributed by atoms with Gasteiger partial charge < -0.3 is 14.9 Å². The van der Waals surface area contributed by atoms with Gasteiger partial charge in [-0.25, -0.2) is 4.79 Å². The van der Waals surface area contributed by atoms with Gasteiger partial charge >= 0.3 is 5.97 Å². The molecule has 0 saturated carbocycles. The van der Waals surface area contributed by atoms with E-state index in [0.29, 0.717) is 5.88 Å². The van der Waals surface area contributed by atoms with Crippen LogP contribution in [0.25, 0.3) is 11.3 Å². The lowest BCUT2D eigenvalue weighted by molar-refractivity contribution is 0.0697. The number of aliphatic hydroxyl groups is 1. The van der Waals surface area contributed by atoms with E-state index in [1.165, 1.54) is 0 Å². The lowest BCUT2D eigenvalue weighted by atomic mass is 9.97. The van der Waals surface area contributed by atoms with Crippen LogP contribution in [0.4, 0.5) is 0 Å². The fourth-order valence-electron chi connectivity index (χ4n) is 2.18. The van der Waals surface area contributed by atoms with Crippen LogP contribution in [-0.4, -0.2) is 39.6 Å². The van der Waals surface area contributed by atoms with Crippen LogP contribution >= 0.6 is 0 Å². The van der Waals surface area contributed by atoms with Crippen LogP contribution < -0.4 is 4.74 Å². The van der Waals surface area contributed by atoms with Gasteiger partial charge in [0.05, 0.1) is 17.9 Å². The van der Waals surface area contributed by atoms with Gasteiger partial charge in [-0.05, 0) is 31.0 Å². The molecule has 0 spiro atoms. The number of carboxylic acid groups (broad SMARTS) is 1. The van der Waals surface area contributed by atoms with Crippen molar-refractivity contribution in [1.29, 1.82) is 0 Å². The zero-order chi connectivity index (χ0) is 15.4. The normalized spacial score (nSPS) is 10.6. The van der Waals surface area contributed by atoms with E-state index in [1.807, 2.05) is 19.9 Å². The summed E-state index contributed by atoms with van der Waals surface area (Å²) in [5.41, 5.74) is 3.60. The Morgan fingerprint density at radius 2 is 2.19 bits per heavy atom. The summed E-state index contributed by atoms with van der Waals surface area (Å²) in [6.45, 7) is 3.93. The van der Waals surface area contributed by atoms with Gasteiger partial charge in [-0.2, -0.15) is 0 Å². The van der Waals surface area contributed by atoms with E-state index in [1.54, 1.807) is 12.1 Å². The van der Waals surface area contributed by atoms with Crippen molar-refractivity contribution in [3.05, 3.63) is 34.9 Å². The van der Waals surface area contributed by atoms with Crippen LogP contribution in [0.1, 0.15) is 28.4 Å². The average Bonchev–Trinajstić information content (AvgIpc) is 2.85. The van der Waals surface area contributed by atoms with E-state index in [-0.39, 0.29) is 18.8 Å². The fraction of sp³-hybridized carbons (Fsp3) is 0.333. The number of aliphatic hydroxyl groups excluding tert-OH is 1. The van der Waals surface area contributed by atoms with Gasteiger partial charge in [-0.15, -0.1) is 5.10 Å².